The van der Waals surface area contributed by atoms with Gasteiger partial charge in [-0.3, -0.25) is 28.7 Å². The number of aromatic nitrogens is 2. The first kappa shape index (κ1) is 45.4. The fraction of sp³-hybridized carbons (Fsp3) is 0.395. The summed E-state index contributed by atoms with van der Waals surface area (Å²) >= 11 is 1.35. The number of nitrogens with zero attached hydrogens (tertiary/aromatic N) is 2. The predicted molar refractivity (Wildman–Crippen MR) is 214 cm³/mol. The molecule has 1 aliphatic rings. The molecule has 0 aliphatic carbocycles. The van der Waals surface area contributed by atoms with E-state index in [-0.39, 0.29) is 42.9 Å². The zero-order valence-electron chi connectivity index (χ0n) is 32.4. The van der Waals surface area contributed by atoms with Crippen molar-refractivity contribution < 1.29 is 49.1 Å². The quantitative estimate of drug-likeness (QED) is 0.0751. The van der Waals surface area contributed by atoms with Crippen molar-refractivity contribution in [1.82, 2.24) is 35.7 Å². The molecule has 7 atom stereocenters. The Labute approximate surface area is 341 Å². The number of carbonyl (C=O) groups excluding carboxylic acids is 4. The molecule has 0 saturated carbocycles. The van der Waals surface area contributed by atoms with Crippen LogP contribution in [0.25, 0.3) is 0 Å². The number of carboxylic acid groups (broad SMARTS) is 1. The summed E-state index contributed by atoms with van der Waals surface area (Å²) in [5.74, 6) is -3.36. The van der Waals surface area contributed by atoms with Crippen molar-refractivity contribution in [2.75, 3.05) is 19.1 Å². The molecule has 3 aromatic rings. The molecule has 0 bridgehead atoms. The van der Waals surface area contributed by atoms with Gasteiger partial charge in [-0.15, -0.1) is 0 Å². The van der Waals surface area contributed by atoms with E-state index in [1.807, 2.05) is 0 Å². The number of benzene rings is 2. The van der Waals surface area contributed by atoms with Crippen molar-refractivity contribution in [3.05, 3.63) is 105 Å². The minimum absolute atomic E-state index is 0.0255. The molecule has 1 aromatic heterocycles. The zero-order valence-corrected chi connectivity index (χ0v) is 33.2. The number of urea groups is 1. The van der Waals surface area contributed by atoms with Crippen LogP contribution in [0.2, 0.25) is 0 Å². The summed E-state index contributed by atoms with van der Waals surface area (Å²) in [5, 5.41) is 49.8. The van der Waals surface area contributed by atoms with Gasteiger partial charge in [-0.1, -0.05) is 24.3 Å². The lowest BCUT2D eigenvalue weighted by Crippen LogP contribution is -2.62. The molecule has 0 spiro atoms. The molecular weight excluding hydrogens is 793 g/mol. The number of carbonyl (C=O) groups is 5. The second-order valence-corrected chi connectivity index (χ2v) is 14.8. The Morgan fingerprint density at radius 2 is 1.68 bits per heavy atom. The third kappa shape index (κ3) is 12.8. The van der Waals surface area contributed by atoms with Gasteiger partial charge in [0.1, 0.15) is 41.5 Å². The van der Waals surface area contributed by atoms with Crippen LogP contribution in [0.5, 0.6) is 11.5 Å². The number of phenols is 2. The number of hydrogen-bond acceptors (Lipinski definition) is 13. The fourth-order valence-corrected chi connectivity index (χ4v) is 6.56. The Kier molecular flexibility index (Phi) is 16.1. The van der Waals surface area contributed by atoms with Crippen molar-refractivity contribution in [3.63, 3.8) is 0 Å². The van der Waals surface area contributed by atoms with Crippen molar-refractivity contribution in [3.8, 4) is 11.5 Å². The van der Waals surface area contributed by atoms with Gasteiger partial charge in [0.2, 0.25) is 23.9 Å². The number of rotatable bonds is 18. The number of carboxylic acids is 1. The van der Waals surface area contributed by atoms with Crippen LogP contribution < -0.4 is 38.2 Å². The summed E-state index contributed by atoms with van der Waals surface area (Å²) in [6, 6.07) is 5.50. The lowest BCUT2D eigenvalue weighted by Gasteiger charge is -2.34. The van der Waals surface area contributed by atoms with Gasteiger partial charge in [-0.05, 0) is 67.2 Å². The van der Waals surface area contributed by atoms with Gasteiger partial charge in [-0.2, -0.15) is 11.8 Å². The van der Waals surface area contributed by atoms with Gasteiger partial charge in [0.15, 0.2) is 0 Å². The van der Waals surface area contributed by atoms with Gasteiger partial charge in [-0.25, -0.2) is 14.4 Å². The van der Waals surface area contributed by atoms with E-state index in [1.165, 1.54) is 62.1 Å². The average molecular weight is 841 g/mol. The number of aliphatic carboxylic acids is 1. The molecule has 318 valence electrons. The molecule has 1 aliphatic heterocycles. The lowest BCUT2D eigenvalue weighted by atomic mass is 10.0. The van der Waals surface area contributed by atoms with Crippen molar-refractivity contribution in [2.24, 2.45) is 5.73 Å². The first-order valence-electron chi connectivity index (χ1n) is 18.3. The van der Waals surface area contributed by atoms with Crippen LogP contribution in [0.15, 0.2) is 82.3 Å². The summed E-state index contributed by atoms with van der Waals surface area (Å²) < 4.78 is 6.66. The lowest BCUT2D eigenvalue weighted by molar-refractivity contribution is -0.139. The van der Waals surface area contributed by atoms with Gasteiger partial charge in [0.25, 0.3) is 5.56 Å². The largest absolute Gasteiger partial charge is 0.508 e. The predicted octanol–water partition coefficient (Wildman–Crippen LogP) is -0.796. The van der Waals surface area contributed by atoms with Crippen LogP contribution in [0.1, 0.15) is 37.1 Å². The fourth-order valence-electron chi connectivity index (χ4n) is 6.09. The third-order valence-electron chi connectivity index (χ3n) is 9.43. The summed E-state index contributed by atoms with van der Waals surface area (Å²) in [6.07, 6.45) is 1.28. The van der Waals surface area contributed by atoms with Gasteiger partial charge >= 0.3 is 17.7 Å². The molecule has 0 radical (unpaired) electrons. The molecule has 4 rings (SSSR count). The number of aliphatic hydroxyl groups excluding tert-OH is 1. The number of hydrogen-bond donors (Lipinski definition) is 10. The molecule has 7 unspecified atom stereocenters. The highest BCUT2D eigenvalue weighted by Crippen LogP contribution is 2.30. The van der Waals surface area contributed by atoms with Crippen molar-refractivity contribution >= 4 is 41.5 Å². The Hall–Kier alpha value is -6.32. The molecule has 5 amide bonds. The SMILES string of the molecule is CSCCC(NC(=O)NC(Cc1ccc(O)cc1)C(=O)O)C(=O)NC(C(=O)NC=C1CC(O)C(n2ccc(=O)[nH]c2=O)O1)C(C)N(C)C(=O)C(N)Cc1cccc(O)c1. The van der Waals surface area contributed by atoms with E-state index in [4.69, 9.17) is 10.5 Å². The molecule has 11 N–H and O–H groups in total. The summed E-state index contributed by atoms with van der Waals surface area (Å²) in [6.45, 7) is 1.48. The topological polar surface area (TPSA) is 308 Å². The molecule has 2 aromatic carbocycles. The van der Waals surface area contributed by atoms with E-state index in [2.05, 4.69) is 26.3 Å². The summed E-state index contributed by atoms with van der Waals surface area (Å²) in [5.41, 5.74) is 5.83. The Bertz CT molecular complexity index is 2130. The van der Waals surface area contributed by atoms with Gasteiger partial charge < -0.3 is 57.1 Å². The number of H-pyrrole nitrogens is 1. The van der Waals surface area contributed by atoms with Crippen LogP contribution in [0, 0.1) is 0 Å². The number of aliphatic hydroxyl groups is 1. The molecular formula is C38H48N8O12S. The molecule has 1 saturated heterocycles. The maximum atomic E-state index is 13.9. The minimum atomic E-state index is -1.52. The Morgan fingerprint density at radius 1 is 0.983 bits per heavy atom. The normalized spacial score (nSPS) is 18.0. The highest BCUT2D eigenvalue weighted by Gasteiger charge is 2.37. The van der Waals surface area contributed by atoms with E-state index in [9.17, 15) is 54.0 Å². The van der Waals surface area contributed by atoms with E-state index in [0.717, 1.165) is 27.9 Å². The second-order valence-electron chi connectivity index (χ2n) is 13.8. The van der Waals surface area contributed by atoms with Crippen LogP contribution in [0.4, 0.5) is 4.79 Å². The number of amides is 5. The number of ether oxygens (including phenoxy) is 1. The highest BCUT2D eigenvalue weighted by molar-refractivity contribution is 7.98. The number of phenolic OH excluding ortho intramolecular Hbond substituents is 2. The molecule has 1 fully saturated rings. The molecule has 59 heavy (non-hydrogen) atoms. The number of nitrogens with one attached hydrogen (secondary N) is 5. The van der Waals surface area contributed by atoms with Crippen LogP contribution in [-0.4, -0.2) is 120 Å². The molecule has 21 heteroatoms. The first-order valence-corrected chi connectivity index (χ1v) is 19.7. The average Bonchev–Trinajstić information content (AvgIpc) is 3.56. The van der Waals surface area contributed by atoms with E-state index in [1.54, 1.807) is 18.4 Å². The molecule has 2 heterocycles. The van der Waals surface area contributed by atoms with Gasteiger partial charge in [0, 0.05) is 38.4 Å². The molecule has 20 nitrogen and oxygen atoms in total. The maximum absolute atomic E-state index is 13.9. The van der Waals surface area contributed by atoms with Crippen LogP contribution in [0.3, 0.4) is 0 Å². The maximum Gasteiger partial charge on any atom is 0.331 e. The first-order chi connectivity index (χ1) is 28.0. The third-order valence-corrected chi connectivity index (χ3v) is 10.1. The van der Waals surface area contributed by atoms with Crippen LogP contribution in [-0.2, 0) is 36.8 Å². The van der Waals surface area contributed by atoms with E-state index >= 15 is 0 Å². The smallest absolute Gasteiger partial charge is 0.331 e. The number of aromatic amines is 1. The Balaban J connectivity index is 1.55. The monoisotopic (exact) mass is 840 g/mol. The van der Waals surface area contributed by atoms with E-state index in [0.29, 0.717) is 16.9 Å². The number of thioether (sulfide) groups is 1. The van der Waals surface area contributed by atoms with Crippen molar-refractivity contribution in [1.29, 1.82) is 0 Å². The number of nitrogens with two attached hydrogens (primary N) is 1. The second kappa shape index (κ2) is 20.9. The highest BCUT2D eigenvalue weighted by atomic mass is 32.2. The summed E-state index contributed by atoms with van der Waals surface area (Å²) in [4.78, 5) is 93.7. The Morgan fingerprint density at radius 3 is 2.32 bits per heavy atom. The number of likely N-dealkylation sites (N-methyl/N-ethyl adjacent to an activating group) is 1. The zero-order chi connectivity index (χ0) is 43.4. The van der Waals surface area contributed by atoms with E-state index < -0.39 is 83.5 Å². The van der Waals surface area contributed by atoms with Gasteiger partial charge in [0.05, 0.1) is 12.1 Å². The number of aromatic hydroxyl groups is 2. The minimum Gasteiger partial charge on any atom is -0.508 e. The van der Waals surface area contributed by atoms with Crippen LogP contribution >= 0.6 is 11.8 Å². The van der Waals surface area contributed by atoms with Crippen molar-refractivity contribution in [2.45, 2.75) is 75.1 Å². The standard InChI is InChI=1S/C38H48N8O12S/c1-20(45(2)34(53)26(39)16-22-5-4-6-24(48)15-22)31(33(52)40-19-25-18-29(49)35(58-25)46-13-11-30(50)43-38(46)57)44-32(51)27(12-14-59-3)41-37(56)42-28(36(54)55)17-21-7-9-23(47)10-8-21/h4-11,13,15,19-20,26-29,31,35,47-49H,12,14,16-18,39H2,1-3H3,(H,40,52)(H,44,51)(H,54,55)(H2,41,42,56)(H,43,50,57). The summed E-state index contributed by atoms with van der Waals surface area (Å²) in [7, 11) is 1.38.